The highest BCUT2D eigenvalue weighted by molar-refractivity contribution is 7.89. The first-order valence-corrected chi connectivity index (χ1v) is 7.87. The Hall–Kier alpha value is -1.90. The second-order valence-electron chi connectivity index (χ2n) is 4.74. The lowest BCUT2D eigenvalue weighted by atomic mass is 10.1. The Labute approximate surface area is 123 Å². The minimum absolute atomic E-state index is 0.0681. The summed E-state index contributed by atoms with van der Waals surface area (Å²) in [5, 5.41) is 13.2. The van der Waals surface area contributed by atoms with Gasteiger partial charge in [0.2, 0.25) is 10.0 Å². The average Bonchev–Trinajstić information content (AvgIpc) is 2.79. The van der Waals surface area contributed by atoms with Gasteiger partial charge in [-0.25, -0.2) is 13.1 Å². The van der Waals surface area contributed by atoms with Gasteiger partial charge < -0.3 is 10.8 Å². The quantitative estimate of drug-likeness (QED) is 0.689. The number of aliphatic hydroxyl groups is 1. The van der Waals surface area contributed by atoms with E-state index in [1.165, 1.54) is 10.9 Å². The van der Waals surface area contributed by atoms with Crippen molar-refractivity contribution in [3.63, 3.8) is 0 Å². The van der Waals surface area contributed by atoms with Gasteiger partial charge in [-0.05, 0) is 12.0 Å². The predicted molar refractivity (Wildman–Crippen MR) is 79.0 cm³/mol. The van der Waals surface area contributed by atoms with Crippen molar-refractivity contribution < 1.29 is 13.5 Å². The van der Waals surface area contributed by atoms with Crippen LogP contribution in [0.25, 0.3) is 0 Å². The Balaban J connectivity index is 2.16. The van der Waals surface area contributed by atoms with E-state index >= 15 is 0 Å². The Bertz CT molecular complexity index is 697. The molecule has 2 rings (SSSR count). The molecule has 4 N–H and O–H groups in total. The van der Waals surface area contributed by atoms with Crippen molar-refractivity contribution in [3.8, 4) is 0 Å². The van der Waals surface area contributed by atoms with Gasteiger partial charge in [0.25, 0.3) is 0 Å². The number of hydrogen-bond acceptors (Lipinski definition) is 5. The lowest BCUT2D eigenvalue weighted by Gasteiger charge is -2.16. The van der Waals surface area contributed by atoms with Gasteiger partial charge in [-0.2, -0.15) is 5.10 Å². The number of aromatic nitrogens is 2. The van der Waals surface area contributed by atoms with Gasteiger partial charge >= 0.3 is 0 Å². The van der Waals surface area contributed by atoms with Crippen LogP contribution in [0.4, 0.5) is 5.82 Å². The molecule has 1 heterocycles. The minimum atomic E-state index is -3.82. The van der Waals surface area contributed by atoms with Crippen LogP contribution >= 0.6 is 0 Å². The predicted octanol–water partition coefficient (Wildman–Crippen LogP) is -0.116. The van der Waals surface area contributed by atoms with Crippen LogP contribution in [0.2, 0.25) is 0 Å². The van der Waals surface area contributed by atoms with Crippen LogP contribution in [0, 0.1) is 0 Å². The van der Waals surface area contributed by atoms with E-state index in [-0.39, 0.29) is 17.3 Å². The van der Waals surface area contributed by atoms with Gasteiger partial charge in [0.1, 0.15) is 4.90 Å². The standard InChI is InChI=1S/C13H18N4O3S/c1-17-8-12(13(14)15-17)21(19,20)16-11(9-18)7-10-5-3-2-4-6-10/h2-6,8,11,16,18H,7,9H2,1H3,(H2,14,15)/t11-/m1/s1. The topological polar surface area (TPSA) is 110 Å². The molecule has 0 saturated carbocycles. The number of nitrogens with two attached hydrogens (primary N) is 1. The van der Waals surface area contributed by atoms with Gasteiger partial charge in [-0.3, -0.25) is 4.68 Å². The lowest BCUT2D eigenvalue weighted by molar-refractivity contribution is 0.256. The molecule has 0 aliphatic heterocycles. The molecule has 2 aromatic rings. The third-order valence-electron chi connectivity index (χ3n) is 2.98. The maximum atomic E-state index is 12.3. The average molecular weight is 310 g/mol. The molecule has 0 aliphatic rings. The van der Waals surface area contributed by atoms with Gasteiger partial charge in [0.05, 0.1) is 6.61 Å². The number of aliphatic hydroxyl groups excluding tert-OH is 1. The number of nitrogens with zero attached hydrogens (tertiary/aromatic N) is 2. The van der Waals surface area contributed by atoms with Crippen LogP contribution in [0.5, 0.6) is 0 Å². The highest BCUT2D eigenvalue weighted by Crippen LogP contribution is 2.16. The van der Waals surface area contributed by atoms with Crippen LogP contribution < -0.4 is 10.5 Å². The van der Waals surface area contributed by atoms with Gasteiger partial charge in [-0.1, -0.05) is 30.3 Å². The number of aryl methyl sites for hydroxylation is 1. The van der Waals surface area contributed by atoms with Crippen molar-refractivity contribution in [1.29, 1.82) is 0 Å². The van der Waals surface area contributed by atoms with Gasteiger partial charge in [0.15, 0.2) is 5.82 Å². The number of hydrogen-bond donors (Lipinski definition) is 3. The normalized spacial score (nSPS) is 13.2. The molecule has 0 saturated heterocycles. The fourth-order valence-electron chi connectivity index (χ4n) is 2.02. The largest absolute Gasteiger partial charge is 0.395 e. The third kappa shape index (κ3) is 3.81. The number of rotatable bonds is 6. The molecule has 0 aliphatic carbocycles. The zero-order valence-corrected chi connectivity index (χ0v) is 12.4. The monoisotopic (exact) mass is 310 g/mol. The molecular formula is C13H18N4O3S. The van der Waals surface area contributed by atoms with E-state index in [1.807, 2.05) is 30.3 Å². The van der Waals surface area contributed by atoms with Crippen LogP contribution in [0.15, 0.2) is 41.4 Å². The van der Waals surface area contributed by atoms with E-state index in [9.17, 15) is 13.5 Å². The molecule has 21 heavy (non-hydrogen) atoms. The summed E-state index contributed by atoms with van der Waals surface area (Å²) < 4.78 is 28.3. The fraction of sp³-hybridized carbons (Fsp3) is 0.308. The molecule has 0 radical (unpaired) electrons. The molecule has 7 nitrogen and oxygen atoms in total. The minimum Gasteiger partial charge on any atom is -0.395 e. The van der Waals surface area contributed by atoms with Gasteiger partial charge in [-0.15, -0.1) is 0 Å². The van der Waals surface area contributed by atoms with Crippen molar-refractivity contribution in [2.75, 3.05) is 12.3 Å². The van der Waals surface area contributed by atoms with E-state index in [0.29, 0.717) is 6.42 Å². The summed E-state index contributed by atoms with van der Waals surface area (Å²) in [5.41, 5.74) is 6.51. The van der Waals surface area contributed by atoms with E-state index in [1.54, 1.807) is 7.05 Å². The molecule has 1 aromatic heterocycles. The maximum Gasteiger partial charge on any atom is 0.246 e. The molecule has 0 fully saturated rings. The number of anilines is 1. The third-order valence-corrected chi connectivity index (χ3v) is 4.52. The van der Waals surface area contributed by atoms with Crippen LogP contribution in [-0.4, -0.2) is 36.0 Å². The van der Waals surface area contributed by atoms with Crippen molar-refractivity contribution in [1.82, 2.24) is 14.5 Å². The van der Waals surface area contributed by atoms with Crippen molar-refractivity contribution in [2.24, 2.45) is 7.05 Å². The second-order valence-corrected chi connectivity index (χ2v) is 6.43. The SMILES string of the molecule is Cn1cc(S(=O)(=O)N[C@@H](CO)Cc2ccccc2)c(N)n1. The molecule has 1 aromatic carbocycles. The molecule has 0 spiro atoms. The molecule has 114 valence electrons. The molecule has 8 heteroatoms. The summed E-state index contributed by atoms with van der Waals surface area (Å²) in [6, 6.07) is 8.70. The van der Waals surface area contributed by atoms with Crippen molar-refractivity contribution in [3.05, 3.63) is 42.1 Å². The van der Waals surface area contributed by atoms with Crippen molar-refractivity contribution >= 4 is 15.8 Å². The van der Waals surface area contributed by atoms with Crippen molar-refractivity contribution in [2.45, 2.75) is 17.4 Å². The molecule has 0 unspecified atom stereocenters. The Morgan fingerprint density at radius 3 is 2.57 bits per heavy atom. The summed E-state index contributed by atoms with van der Waals surface area (Å²) in [6.07, 6.45) is 1.71. The first kappa shape index (κ1) is 15.5. The summed E-state index contributed by atoms with van der Waals surface area (Å²) in [7, 11) is -2.23. The Morgan fingerprint density at radius 1 is 1.38 bits per heavy atom. The molecule has 0 amide bonds. The summed E-state index contributed by atoms with van der Waals surface area (Å²) in [6.45, 7) is -0.311. The first-order valence-electron chi connectivity index (χ1n) is 6.38. The molecule has 0 bridgehead atoms. The Kier molecular flexibility index (Phi) is 4.61. The van der Waals surface area contributed by atoms with Crippen LogP contribution in [0.3, 0.4) is 0 Å². The van der Waals surface area contributed by atoms with E-state index in [4.69, 9.17) is 5.73 Å². The van der Waals surface area contributed by atoms with Crippen LogP contribution in [-0.2, 0) is 23.5 Å². The lowest BCUT2D eigenvalue weighted by Crippen LogP contribution is -2.39. The number of benzene rings is 1. The summed E-state index contributed by atoms with van der Waals surface area (Å²) >= 11 is 0. The van der Waals surface area contributed by atoms with E-state index in [2.05, 4.69) is 9.82 Å². The zero-order valence-electron chi connectivity index (χ0n) is 11.6. The highest BCUT2D eigenvalue weighted by atomic mass is 32.2. The first-order chi connectivity index (χ1) is 9.92. The fourth-order valence-corrected chi connectivity index (χ4v) is 3.35. The summed E-state index contributed by atoms with van der Waals surface area (Å²) in [4.78, 5) is -0.0866. The number of nitrogens with one attached hydrogen (secondary N) is 1. The van der Waals surface area contributed by atoms with Gasteiger partial charge in [0, 0.05) is 19.3 Å². The second kappa shape index (κ2) is 6.25. The number of sulfonamides is 1. The number of nitrogen functional groups attached to an aromatic ring is 1. The van der Waals surface area contributed by atoms with Crippen LogP contribution in [0.1, 0.15) is 5.56 Å². The summed E-state index contributed by atoms with van der Waals surface area (Å²) in [5.74, 6) is -0.0681. The molecule has 1 atom stereocenters. The van der Waals surface area contributed by atoms with E-state index < -0.39 is 16.1 Å². The molecular weight excluding hydrogens is 292 g/mol. The van der Waals surface area contributed by atoms with E-state index in [0.717, 1.165) is 5.56 Å². The highest BCUT2D eigenvalue weighted by Gasteiger charge is 2.24. The Morgan fingerprint density at radius 2 is 2.05 bits per heavy atom. The zero-order chi connectivity index (χ0) is 15.5. The smallest absolute Gasteiger partial charge is 0.246 e. The maximum absolute atomic E-state index is 12.3.